The van der Waals surface area contributed by atoms with Gasteiger partial charge in [0.2, 0.25) is 0 Å². The van der Waals surface area contributed by atoms with Gasteiger partial charge in [0.1, 0.15) is 0 Å². The van der Waals surface area contributed by atoms with Crippen LogP contribution in [0.25, 0.3) is 0 Å². The van der Waals surface area contributed by atoms with Gasteiger partial charge in [-0.3, -0.25) is 4.99 Å². The second-order valence-electron chi connectivity index (χ2n) is 6.28. The lowest BCUT2D eigenvalue weighted by molar-refractivity contribution is 0.0536. The molecular formula is C18H31N3O2S. The average Bonchev–Trinajstić information content (AvgIpc) is 3.27. The molecule has 1 aromatic rings. The third-order valence-electron chi connectivity index (χ3n) is 4.25. The minimum Gasteiger partial charge on any atom is -0.382 e. The second kappa shape index (κ2) is 10.7. The average molecular weight is 354 g/mol. The Balaban J connectivity index is 1.82. The molecule has 0 amide bonds. The van der Waals surface area contributed by atoms with Gasteiger partial charge in [-0.05, 0) is 24.8 Å². The minimum atomic E-state index is 0.467. The highest BCUT2D eigenvalue weighted by Gasteiger charge is 2.25. The Labute approximate surface area is 150 Å². The minimum absolute atomic E-state index is 0.467. The quantitative estimate of drug-likeness (QED) is 0.421. The summed E-state index contributed by atoms with van der Waals surface area (Å²) in [5, 5.41) is 5.57. The lowest BCUT2D eigenvalue weighted by atomic mass is 10.1. The molecule has 24 heavy (non-hydrogen) atoms. The molecule has 2 rings (SSSR count). The molecular weight excluding hydrogens is 322 g/mol. The van der Waals surface area contributed by atoms with Gasteiger partial charge in [-0.2, -0.15) is 0 Å². The molecule has 0 aromatic carbocycles. The lowest BCUT2D eigenvalue weighted by Gasteiger charge is -2.22. The van der Waals surface area contributed by atoms with Crippen LogP contribution in [0, 0.1) is 5.92 Å². The molecule has 1 fully saturated rings. The molecule has 0 radical (unpaired) electrons. The molecule has 1 aliphatic rings. The summed E-state index contributed by atoms with van der Waals surface area (Å²) in [6, 6.07) is 4.31. The molecule has 136 valence electrons. The summed E-state index contributed by atoms with van der Waals surface area (Å²) in [6.07, 6.45) is 1.16. The summed E-state index contributed by atoms with van der Waals surface area (Å²) in [4.78, 5) is 8.65. The van der Waals surface area contributed by atoms with Gasteiger partial charge in [0, 0.05) is 43.5 Å². The number of likely N-dealkylation sites (tertiary alicyclic amines) is 1. The summed E-state index contributed by atoms with van der Waals surface area (Å²) in [7, 11) is 1.71. The van der Waals surface area contributed by atoms with E-state index in [9.17, 15) is 0 Å². The van der Waals surface area contributed by atoms with Crippen molar-refractivity contribution in [1.82, 2.24) is 10.2 Å². The predicted octanol–water partition coefficient (Wildman–Crippen LogP) is 2.80. The van der Waals surface area contributed by atoms with Crippen LogP contribution in [0.15, 0.2) is 22.5 Å². The van der Waals surface area contributed by atoms with E-state index in [1.807, 2.05) is 11.3 Å². The first kappa shape index (κ1) is 19.2. The number of hydrogen-bond donors (Lipinski definition) is 1. The maximum atomic E-state index is 5.68. The van der Waals surface area contributed by atoms with Gasteiger partial charge in [0.25, 0.3) is 0 Å². The molecule has 2 heterocycles. The third-order valence-corrected chi connectivity index (χ3v) is 5.35. The number of nitrogens with zero attached hydrogens (tertiary/aromatic N) is 2. The van der Waals surface area contributed by atoms with Crippen molar-refractivity contribution in [2.24, 2.45) is 10.9 Å². The molecule has 6 heteroatoms. The van der Waals surface area contributed by atoms with Gasteiger partial charge >= 0.3 is 0 Å². The smallest absolute Gasteiger partial charge is 0.193 e. The van der Waals surface area contributed by atoms with E-state index < -0.39 is 0 Å². The number of nitrogens with one attached hydrogen (secondary N) is 1. The zero-order chi connectivity index (χ0) is 17.2. The summed E-state index contributed by atoms with van der Waals surface area (Å²) in [5.74, 6) is 2.09. The fraction of sp³-hybridized carbons (Fsp3) is 0.722. The van der Waals surface area contributed by atoms with Gasteiger partial charge in [-0.25, -0.2) is 0 Å². The molecule has 1 aliphatic heterocycles. The molecule has 0 spiro atoms. The zero-order valence-corrected chi connectivity index (χ0v) is 16.0. The van der Waals surface area contributed by atoms with Crippen molar-refractivity contribution in [3.05, 3.63) is 22.4 Å². The fourth-order valence-electron chi connectivity index (χ4n) is 2.86. The number of hydrogen-bond acceptors (Lipinski definition) is 4. The number of methoxy groups -OCH3 is 1. The van der Waals surface area contributed by atoms with E-state index in [4.69, 9.17) is 14.5 Å². The van der Waals surface area contributed by atoms with Gasteiger partial charge < -0.3 is 19.7 Å². The number of rotatable bonds is 9. The Morgan fingerprint density at radius 2 is 2.38 bits per heavy atom. The highest BCUT2D eigenvalue weighted by molar-refractivity contribution is 7.10. The Morgan fingerprint density at radius 1 is 1.50 bits per heavy atom. The molecule has 2 unspecified atom stereocenters. The van der Waals surface area contributed by atoms with E-state index >= 15 is 0 Å². The summed E-state index contributed by atoms with van der Waals surface area (Å²) >= 11 is 1.81. The number of aliphatic imine (C=N–C) groups is 1. The van der Waals surface area contributed by atoms with Crippen LogP contribution < -0.4 is 5.32 Å². The zero-order valence-electron chi connectivity index (χ0n) is 15.2. The largest absolute Gasteiger partial charge is 0.382 e. The molecule has 2 atom stereocenters. The van der Waals surface area contributed by atoms with Gasteiger partial charge in [0.15, 0.2) is 5.96 Å². The third kappa shape index (κ3) is 6.07. The topological polar surface area (TPSA) is 46.1 Å². The van der Waals surface area contributed by atoms with Gasteiger partial charge in [-0.15, -0.1) is 11.3 Å². The van der Waals surface area contributed by atoms with Crippen LogP contribution in [0.4, 0.5) is 0 Å². The van der Waals surface area contributed by atoms with Crippen molar-refractivity contribution in [3.8, 4) is 0 Å². The van der Waals surface area contributed by atoms with Gasteiger partial charge in [-0.1, -0.05) is 13.0 Å². The Hall–Kier alpha value is -1.11. The Morgan fingerprint density at radius 3 is 3.08 bits per heavy atom. The van der Waals surface area contributed by atoms with Crippen molar-refractivity contribution in [1.29, 1.82) is 0 Å². The number of guanidine groups is 1. The standard InChI is InChI=1S/C18H31N3O2S/c1-4-19-18(20-12-15(2)17-6-5-11-24-17)21-8-7-16(13-21)14-23-10-9-22-3/h5-6,11,15-16H,4,7-10,12-14H2,1-3H3,(H,19,20). The summed E-state index contributed by atoms with van der Waals surface area (Å²) < 4.78 is 10.7. The highest BCUT2D eigenvalue weighted by Crippen LogP contribution is 2.21. The Bertz CT molecular complexity index is 479. The van der Waals surface area contributed by atoms with E-state index in [0.717, 1.165) is 45.2 Å². The van der Waals surface area contributed by atoms with E-state index in [0.29, 0.717) is 25.0 Å². The number of thiophene rings is 1. The number of ether oxygens (including phenoxy) is 2. The molecule has 0 aliphatic carbocycles. The van der Waals surface area contributed by atoms with E-state index in [-0.39, 0.29) is 0 Å². The fourth-order valence-corrected chi connectivity index (χ4v) is 3.64. The molecule has 1 saturated heterocycles. The predicted molar refractivity (Wildman–Crippen MR) is 101 cm³/mol. The van der Waals surface area contributed by atoms with Crippen LogP contribution in [-0.4, -0.2) is 64.0 Å². The lowest BCUT2D eigenvalue weighted by Crippen LogP contribution is -2.40. The van der Waals surface area contributed by atoms with Crippen LogP contribution in [0.1, 0.15) is 31.1 Å². The van der Waals surface area contributed by atoms with E-state index in [2.05, 4.69) is 41.6 Å². The SMILES string of the molecule is CCNC(=NCC(C)c1cccs1)N1CCC(COCCOC)C1. The normalized spacial score (nSPS) is 19.7. The monoisotopic (exact) mass is 353 g/mol. The van der Waals surface area contributed by atoms with Crippen LogP contribution in [0.3, 0.4) is 0 Å². The molecule has 1 N–H and O–H groups in total. The van der Waals surface area contributed by atoms with Crippen molar-refractivity contribution < 1.29 is 9.47 Å². The van der Waals surface area contributed by atoms with Crippen molar-refractivity contribution in [2.75, 3.05) is 53.1 Å². The van der Waals surface area contributed by atoms with Crippen LogP contribution in [0.5, 0.6) is 0 Å². The molecule has 0 bridgehead atoms. The molecule has 1 aromatic heterocycles. The van der Waals surface area contributed by atoms with Crippen LogP contribution >= 0.6 is 11.3 Å². The van der Waals surface area contributed by atoms with E-state index in [1.165, 1.54) is 4.88 Å². The van der Waals surface area contributed by atoms with Crippen LogP contribution in [-0.2, 0) is 9.47 Å². The molecule has 5 nitrogen and oxygen atoms in total. The van der Waals surface area contributed by atoms with Crippen molar-refractivity contribution >= 4 is 17.3 Å². The summed E-state index contributed by atoms with van der Waals surface area (Å²) in [6.45, 7) is 10.3. The highest BCUT2D eigenvalue weighted by atomic mass is 32.1. The maximum absolute atomic E-state index is 5.68. The maximum Gasteiger partial charge on any atom is 0.193 e. The Kier molecular flexibility index (Phi) is 8.56. The molecule has 0 saturated carbocycles. The first-order chi connectivity index (χ1) is 11.7. The van der Waals surface area contributed by atoms with E-state index in [1.54, 1.807) is 7.11 Å². The van der Waals surface area contributed by atoms with Gasteiger partial charge in [0.05, 0.1) is 26.4 Å². The first-order valence-electron chi connectivity index (χ1n) is 8.88. The second-order valence-corrected chi connectivity index (χ2v) is 7.26. The van der Waals surface area contributed by atoms with Crippen LogP contribution in [0.2, 0.25) is 0 Å². The van der Waals surface area contributed by atoms with Crippen molar-refractivity contribution in [2.45, 2.75) is 26.2 Å². The van der Waals surface area contributed by atoms with Crippen molar-refractivity contribution in [3.63, 3.8) is 0 Å². The summed E-state index contributed by atoms with van der Waals surface area (Å²) in [5.41, 5.74) is 0. The first-order valence-corrected chi connectivity index (χ1v) is 9.75.